The molecule has 0 radical (unpaired) electrons. The minimum atomic E-state index is -0.243. The lowest BCUT2D eigenvalue weighted by molar-refractivity contribution is 0.102. The zero-order valence-corrected chi connectivity index (χ0v) is 17.8. The first kappa shape index (κ1) is 20.9. The van der Waals surface area contributed by atoms with E-state index >= 15 is 0 Å². The predicted octanol–water partition coefficient (Wildman–Crippen LogP) is 5.34. The third kappa shape index (κ3) is 5.22. The van der Waals surface area contributed by atoms with E-state index < -0.39 is 0 Å². The zero-order chi connectivity index (χ0) is 21.6. The minimum Gasteiger partial charge on any atom is -0.493 e. The number of rotatable bonds is 7. The van der Waals surface area contributed by atoms with Crippen LogP contribution >= 0.6 is 11.6 Å². The number of carbonyl (C=O) groups is 1. The zero-order valence-electron chi connectivity index (χ0n) is 17.0. The molecule has 3 aromatic rings. The standard InChI is InChI=1S/C24H22ClNO5/c1-2-28-21-9-3-16(13-17(21)15-31-20-7-4-18(25)5-8-20)24(27)26-19-6-10-22-23(14-19)30-12-11-29-22/h3-10,13-14H,2,11-12,15H2,1H3,(H,26,27). The molecule has 0 aromatic heterocycles. The topological polar surface area (TPSA) is 66.0 Å². The molecule has 0 saturated carbocycles. The van der Waals surface area contributed by atoms with Crippen molar-refractivity contribution in [1.82, 2.24) is 0 Å². The Labute approximate surface area is 185 Å². The number of benzene rings is 3. The van der Waals surface area contributed by atoms with Crippen molar-refractivity contribution in [3.63, 3.8) is 0 Å². The van der Waals surface area contributed by atoms with Crippen molar-refractivity contribution in [2.24, 2.45) is 0 Å². The van der Waals surface area contributed by atoms with Crippen molar-refractivity contribution in [2.45, 2.75) is 13.5 Å². The average Bonchev–Trinajstić information content (AvgIpc) is 2.79. The third-order valence-electron chi connectivity index (χ3n) is 4.63. The molecule has 6 nitrogen and oxygen atoms in total. The van der Waals surface area contributed by atoms with Crippen molar-refractivity contribution in [3.05, 3.63) is 76.8 Å². The first-order valence-electron chi connectivity index (χ1n) is 9.97. The molecule has 0 atom stereocenters. The second kappa shape index (κ2) is 9.62. The van der Waals surface area contributed by atoms with E-state index in [1.54, 1.807) is 60.7 Å². The lowest BCUT2D eigenvalue weighted by Crippen LogP contribution is -2.16. The van der Waals surface area contributed by atoms with Crippen LogP contribution in [0.5, 0.6) is 23.0 Å². The summed E-state index contributed by atoms with van der Waals surface area (Å²) in [5.41, 5.74) is 1.89. The first-order valence-corrected chi connectivity index (χ1v) is 10.4. The molecule has 31 heavy (non-hydrogen) atoms. The molecule has 0 spiro atoms. The lowest BCUT2D eigenvalue weighted by atomic mass is 10.1. The van der Waals surface area contributed by atoms with Crippen LogP contribution < -0.4 is 24.3 Å². The van der Waals surface area contributed by atoms with Gasteiger partial charge >= 0.3 is 0 Å². The Balaban J connectivity index is 1.50. The summed E-state index contributed by atoms with van der Waals surface area (Å²) in [6.07, 6.45) is 0. The van der Waals surface area contributed by atoms with Gasteiger partial charge in [0.05, 0.1) is 6.61 Å². The number of nitrogens with one attached hydrogen (secondary N) is 1. The normalized spacial score (nSPS) is 12.2. The molecule has 160 valence electrons. The monoisotopic (exact) mass is 439 g/mol. The van der Waals surface area contributed by atoms with Crippen molar-refractivity contribution in [1.29, 1.82) is 0 Å². The summed E-state index contributed by atoms with van der Waals surface area (Å²) in [6.45, 7) is 3.68. The van der Waals surface area contributed by atoms with Gasteiger partial charge in [-0.05, 0) is 61.5 Å². The number of ether oxygens (including phenoxy) is 4. The van der Waals surface area contributed by atoms with Crippen LogP contribution in [0.4, 0.5) is 5.69 Å². The molecule has 1 heterocycles. The van der Waals surface area contributed by atoms with Crippen LogP contribution in [0, 0.1) is 0 Å². The maximum absolute atomic E-state index is 12.8. The molecule has 4 rings (SSSR count). The van der Waals surface area contributed by atoms with E-state index in [0.29, 0.717) is 59.1 Å². The highest BCUT2D eigenvalue weighted by Crippen LogP contribution is 2.33. The number of halogens is 1. The van der Waals surface area contributed by atoms with Gasteiger partial charge in [0.15, 0.2) is 11.5 Å². The van der Waals surface area contributed by atoms with Gasteiger partial charge < -0.3 is 24.3 Å². The number of hydrogen-bond acceptors (Lipinski definition) is 5. The van der Waals surface area contributed by atoms with E-state index in [1.807, 2.05) is 6.92 Å². The van der Waals surface area contributed by atoms with Gasteiger partial charge in [-0.25, -0.2) is 0 Å². The van der Waals surface area contributed by atoms with E-state index in [-0.39, 0.29) is 12.5 Å². The Hall–Kier alpha value is -3.38. The predicted molar refractivity (Wildman–Crippen MR) is 119 cm³/mol. The Morgan fingerprint density at radius 1 is 0.968 bits per heavy atom. The molecule has 1 aliphatic rings. The largest absolute Gasteiger partial charge is 0.493 e. The van der Waals surface area contributed by atoms with Crippen LogP contribution in [0.2, 0.25) is 5.02 Å². The molecular weight excluding hydrogens is 418 g/mol. The van der Waals surface area contributed by atoms with E-state index in [0.717, 1.165) is 5.56 Å². The van der Waals surface area contributed by atoms with Gasteiger partial charge in [-0.1, -0.05) is 11.6 Å². The molecular formula is C24H22ClNO5. The number of anilines is 1. The van der Waals surface area contributed by atoms with Crippen LogP contribution in [-0.2, 0) is 6.61 Å². The highest BCUT2D eigenvalue weighted by molar-refractivity contribution is 6.30. The van der Waals surface area contributed by atoms with Crippen LogP contribution in [0.3, 0.4) is 0 Å². The second-order valence-electron chi connectivity index (χ2n) is 6.81. The fourth-order valence-corrected chi connectivity index (χ4v) is 3.27. The fourth-order valence-electron chi connectivity index (χ4n) is 3.15. The van der Waals surface area contributed by atoms with Gasteiger partial charge in [0.25, 0.3) is 5.91 Å². The highest BCUT2D eigenvalue weighted by atomic mass is 35.5. The van der Waals surface area contributed by atoms with E-state index in [2.05, 4.69) is 5.32 Å². The molecule has 0 unspecified atom stereocenters. The Kier molecular flexibility index (Phi) is 6.48. The molecule has 1 N–H and O–H groups in total. The molecule has 0 saturated heterocycles. The van der Waals surface area contributed by atoms with Crippen molar-refractivity contribution < 1.29 is 23.7 Å². The summed E-state index contributed by atoms with van der Waals surface area (Å²) >= 11 is 5.92. The number of carbonyl (C=O) groups excluding carboxylic acids is 1. The molecule has 1 aliphatic heterocycles. The van der Waals surface area contributed by atoms with Crippen LogP contribution in [0.1, 0.15) is 22.8 Å². The molecule has 0 bridgehead atoms. The summed E-state index contributed by atoms with van der Waals surface area (Å²) in [5.74, 6) is 2.40. The van der Waals surface area contributed by atoms with Crippen LogP contribution in [0.25, 0.3) is 0 Å². The van der Waals surface area contributed by atoms with Gasteiger partial charge in [-0.15, -0.1) is 0 Å². The highest BCUT2D eigenvalue weighted by Gasteiger charge is 2.15. The summed E-state index contributed by atoms with van der Waals surface area (Å²) < 4.78 is 22.6. The SMILES string of the molecule is CCOc1ccc(C(=O)Nc2ccc3c(c2)OCCO3)cc1COc1ccc(Cl)cc1. The van der Waals surface area contributed by atoms with E-state index in [1.165, 1.54) is 0 Å². The van der Waals surface area contributed by atoms with Gasteiger partial charge in [0.2, 0.25) is 0 Å². The van der Waals surface area contributed by atoms with E-state index in [9.17, 15) is 4.79 Å². The average molecular weight is 440 g/mol. The third-order valence-corrected chi connectivity index (χ3v) is 4.88. The summed E-state index contributed by atoms with van der Waals surface area (Å²) in [4.78, 5) is 12.8. The van der Waals surface area contributed by atoms with Gasteiger partial charge in [0.1, 0.15) is 31.3 Å². The Morgan fingerprint density at radius 2 is 1.74 bits per heavy atom. The first-order chi connectivity index (χ1) is 15.1. The Bertz CT molecular complexity index is 1070. The fraction of sp³-hybridized carbons (Fsp3) is 0.208. The van der Waals surface area contributed by atoms with Crippen molar-refractivity contribution >= 4 is 23.2 Å². The summed E-state index contributed by atoms with van der Waals surface area (Å²) in [7, 11) is 0. The van der Waals surface area contributed by atoms with Gasteiger partial charge in [-0.3, -0.25) is 4.79 Å². The van der Waals surface area contributed by atoms with Crippen molar-refractivity contribution in [2.75, 3.05) is 25.1 Å². The lowest BCUT2D eigenvalue weighted by Gasteiger charge is -2.19. The minimum absolute atomic E-state index is 0.243. The number of fused-ring (bicyclic) bond motifs is 1. The molecule has 0 fully saturated rings. The molecule has 3 aromatic carbocycles. The van der Waals surface area contributed by atoms with Gasteiger partial charge in [0, 0.05) is 27.9 Å². The number of amides is 1. The molecule has 0 aliphatic carbocycles. The van der Waals surface area contributed by atoms with Crippen LogP contribution in [-0.4, -0.2) is 25.7 Å². The smallest absolute Gasteiger partial charge is 0.255 e. The van der Waals surface area contributed by atoms with Gasteiger partial charge in [-0.2, -0.15) is 0 Å². The van der Waals surface area contributed by atoms with E-state index in [4.69, 9.17) is 30.5 Å². The maximum atomic E-state index is 12.8. The Morgan fingerprint density at radius 3 is 2.52 bits per heavy atom. The quantitative estimate of drug-likeness (QED) is 0.538. The second-order valence-corrected chi connectivity index (χ2v) is 7.25. The van der Waals surface area contributed by atoms with Crippen LogP contribution in [0.15, 0.2) is 60.7 Å². The maximum Gasteiger partial charge on any atom is 0.255 e. The molecule has 7 heteroatoms. The molecule has 1 amide bonds. The number of hydrogen-bond donors (Lipinski definition) is 1. The van der Waals surface area contributed by atoms with Crippen molar-refractivity contribution in [3.8, 4) is 23.0 Å². The summed E-state index contributed by atoms with van der Waals surface area (Å²) in [6, 6.07) is 17.7. The summed E-state index contributed by atoms with van der Waals surface area (Å²) in [5, 5.41) is 3.54.